The number of aryl methyl sites for hydroxylation is 1. The molecule has 5 nitrogen and oxygen atoms in total. The van der Waals surface area contributed by atoms with Gasteiger partial charge in [0, 0.05) is 6.07 Å². The summed E-state index contributed by atoms with van der Waals surface area (Å²) in [5.41, 5.74) is 0. The predicted molar refractivity (Wildman–Crippen MR) is 61.5 cm³/mol. The van der Waals surface area contributed by atoms with Gasteiger partial charge in [0.25, 0.3) is 0 Å². The van der Waals surface area contributed by atoms with Crippen LogP contribution in [0.4, 0.5) is 5.82 Å². The molecule has 0 unspecified atom stereocenters. The summed E-state index contributed by atoms with van der Waals surface area (Å²) in [6.07, 6.45) is 5.10. The van der Waals surface area contributed by atoms with Crippen molar-refractivity contribution in [2.45, 2.75) is 13.3 Å². The minimum Gasteiger partial charge on any atom is -0.360 e. The lowest BCUT2D eigenvalue weighted by molar-refractivity contribution is -0.123. The summed E-state index contributed by atoms with van der Waals surface area (Å²) < 4.78 is 4.95. The molecular formula is C13H12N2O3. The number of amides is 2. The maximum atomic E-state index is 12.4. The van der Waals surface area contributed by atoms with E-state index in [9.17, 15) is 9.59 Å². The van der Waals surface area contributed by atoms with Gasteiger partial charge in [-0.1, -0.05) is 17.3 Å². The maximum absolute atomic E-state index is 12.4. The first-order chi connectivity index (χ1) is 8.66. The number of allylic oxidation sites excluding steroid dienone is 2. The molecule has 5 heteroatoms. The first-order valence-corrected chi connectivity index (χ1v) is 6.16. The zero-order valence-corrected chi connectivity index (χ0v) is 9.87. The van der Waals surface area contributed by atoms with Crippen LogP contribution in [-0.2, 0) is 9.59 Å². The number of rotatable bonds is 1. The molecule has 0 N–H and O–H groups in total. The van der Waals surface area contributed by atoms with Gasteiger partial charge >= 0.3 is 0 Å². The normalized spacial score (nSPS) is 36.8. The average Bonchev–Trinajstić information content (AvgIpc) is 3.05. The fourth-order valence-corrected chi connectivity index (χ4v) is 3.59. The van der Waals surface area contributed by atoms with Crippen LogP contribution in [0.25, 0.3) is 0 Å². The quantitative estimate of drug-likeness (QED) is 0.551. The number of aromatic nitrogens is 1. The Bertz CT molecular complexity index is 559. The van der Waals surface area contributed by atoms with Crippen LogP contribution in [-0.4, -0.2) is 17.0 Å². The number of carbonyl (C=O) groups is 2. The molecule has 92 valence electrons. The summed E-state index contributed by atoms with van der Waals surface area (Å²) in [4.78, 5) is 26.0. The Morgan fingerprint density at radius 3 is 2.33 bits per heavy atom. The summed E-state index contributed by atoms with van der Waals surface area (Å²) in [7, 11) is 0. The highest BCUT2D eigenvalue weighted by molar-refractivity contribution is 6.22. The first kappa shape index (κ1) is 10.1. The molecule has 0 radical (unpaired) electrons. The van der Waals surface area contributed by atoms with Crippen LogP contribution in [0.5, 0.6) is 0 Å². The molecule has 4 atom stereocenters. The minimum absolute atomic E-state index is 0.116. The molecule has 2 amide bonds. The van der Waals surface area contributed by atoms with Gasteiger partial charge < -0.3 is 4.52 Å². The monoisotopic (exact) mass is 244 g/mol. The van der Waals surface area contributed by atoms with E-state index in [0.29, 0.717) is 11.6 Å². The van der Waals surface area contributed by atoms with Gasteiger partial charge in [0.05, 0.1) is 11.8 Å². The van der Waals surface area contributed by atoms with Gasteiger partial charge in [-0.3, -0.25) is 9.59 Å². The van der Waals surface area contributed by atoms with E-state index in [1.165, 1.54) is 4.90 Å². The van der Waals surface area contributed by atoms with Crippen molar-refractivity contribution in [2.24, 2.45) is 23.7 Å². The lowest BCUT2D eigenvalue weighted by atomic mass is 9.85. The molecule has 0 spiro atoms. The van der Waals surface area contributed by atoms with Crippen molar-refractivity contribution in [3.8, 4) is 0 Å². The number of fused-ring (bicyclic) bond motifs is 5. The molecule has 0 aromatic carbocycles. The first-order valence-electron chi connectivity index (χ1n) is 6.16. The Morgan fingerprint density at radius 2 is 1.83 bits per heavy atom. The van der Waals surface area contributed by atoms with Gasteiger partial charge in [0.1, 0.15) is 5.76 Å². The fraction of sp³-hybridized carbons (Fsp3) is 0.462. The zero-order valence-electron chi connectivity index (χ0n) is 9.87. The summed E-state index contributed by atoms with van der Waals surface area (Å²) >= 11 is 0. The van der Waals surface area contributed by atoms with Crippen molar-refractivity contribution >= 4 is 17.6 Å². The number of hydrogen-bond acceptors (Lipinski definition) is 4. The van der Waals surface area contributed by atoms with Crippen molar-refractivity contribution in [1.29, 1.82) is 0 Å². The van der Waals surface area contributed by atoms with Gasteiger partial charge in [-0.2, -0.15) is 0 Å². The third-order valence-corrected chi connectivity index (χ3v) is 4.31. The average molecular weight is 244 g/mol. The van der Waals surface area contributed by atoms with E-state index in [1.807, 2.05) is 0 Å². The van der Waals surface area contributed by atoms with E-state index >= 15 is 0 Å². The Hall–Kier alpha value is -1.91. The summed E-state index contributed by atoms with van der Waals surface area (Å²) in [5, 5.41) is 3.79. The molecule has 1 aromatic rings. The number of carbonyl (C=O) groups excluding carboxylic acids is 2. The molecular weight excluding hydrogens is 232 g/mol. The lowest BCUT2D eigenvalue weighted by Crippen LogP contribution is -2.33. The standard InChI is InChI=1S/C13H12N2O3/c1-6-4-9(14-18-6)15-12(16)10-7-2-3-8(5-7)11(10)13(15)17/h2-4,7-8,10-11H,5H2,1H3/t7-,8-,10+,11+/m1/s1. The maximum Gasteiger partial charge on any atom is 0.239 e. The summed E-state index contributed by atoms with van der Waals surface area (Å²) in [5.74, 6) is 0.809. The summed E-state index contributed by atoms with van der Waals surface area (Å²) in [6.45, 7) is 1.74. The van der Waals surface area contributed by atoms with Gasteiger partial charge in [0.2, 0.25) is 11.8 Å². The van der Waals surface area contributed by atoms with Crippen molar-refractivity contribution < 1.29 is 14.1 Å². The number of anilines is 1. The third kappa shape index (κ3) is 1.04. The highest BCUT2D eigenvalue weighted by Gasteiger charge is 2.60. The van der Waals surface area contributed by atoms with Crippen molar-refractivity contribution in [2.75, 3.05) is 4.90 Å². The van der Waals surface area contributed by atoms with Crippen LogP contribution in [0.3, 0.4) is 0 Å². The second-order valence-electron chi connectivity index (χ2n) is 5.31. The Morgan fingerprint density at radius 1 is 1.22 bits per heavy atom. The summed E-state index contributed by atoms with van der Waals surface area (Å²) in [6, 6.07) is 1.63. The van der Waals surface area contributed by atoms with E-state index < -0.39 is 0 Å². The second-order valence-corrected chi connectivity index (χ2v) is 5.31. The Balaban J connectivity index is 1.76. The molecule has 1 saturated heterocycles. The largest absolute Gasteiger partial charge is 0.360 e. The van der Waals surface area contributed by atoms with Crippen LogP contribution >= 0.6 is 0 Å². The predicted octanol–water partition coefficient (Wildman–Crippen LogP) is 1.29. The highest BCUT2D eigenvalue weighted by Crippen LogP contribution is 2.53. The minimum atomic E-state index is -0.176. The molecule has 2 bridgehead atoms. The van der Waals surface area contributed by atoms with Crippen LogP contribution in [0.1, 0.15) is 12.2 Å². The number of hydrogen-bond donors (Lipinski definition) is 0. The molecule has 1 saturated carbocycles. The number of imide groups is 1. The Labute approximate surface area is 103 Å². The molecule has 18 heavy (non-hydrogen) atoms. The second kappa shape index (κ2) is 3.10. The molecule has 2 aliphatic carbocycles. The topological polar surface area (TPSA) is 63.4 Å². The molecule has 1 aliphatic heterocycles. The van der Waals surface area contributed by atoms with E-state index in [-0.39, 0.29) is 35.5 Å². The SMILES string of the molecule is Cc1cc(N2C(=O)[C@@H]3[C@@H](C2=O)[C@@H]2C=C[C@@H]3C2)no1. The zero-order chi connectivity index (χ0) is 12.4. The molecule has 2 heterocycles. The van der Waals surface area contributed by atoms with E-state index in [0.717, 1.165) is 6.42 Å². The third-order valence-electron chi connectivity index (χ3n) is 4.31. The van der Waals surface area contributed by atoms with E-state index in [2.05, 4.69) is 17.3 Å². The highest BCUT2D eigenvalue weighted by atomic mass is 16.5. The molecule has 2 fully saturated rings. The van der Waals surface area contributed by atoms with E-state index in [4.69, 9.17) is 4.52 Å². The van der Waals surface area contributed by atoms with Crippen LogP contribution in [0.2, 0.25) is 0 Å². The van der Waals surface area contributed by atoms with Crippen molar-refractivity contribution in [3.05, 3.63) is 24.0 Å². The van der Waals surface area contributed by atoms with Gasteiger partial charge in [-0.15, -0.1) is 0 Å². The van der Waals surface area contributed by atoms with Crippen LogP contribution in [0.15, 0.2) is 22.7 Å². The van der Waals surface area contributed by atoms with Gasteiger partial charge in [-0.25, -0.2) is 4.90 Å². The van der Waals surface area contributed by atoms with Crippen LogP contribution < -0.4 is 4.90 Å². The van der Waals surface area contributed by atoms with Crippen LogP contribution in [0, 0.1) is 30.6 Å². The molecule has 3 aliphatic rings. The van der Waals surface area contributed by atoms with Gasteiger partial charge in [0.15, 0.2) is 5.82 Å². The molecule has 4 rings (SSSR count). The number of nitrogens with zero attached hydrogens (tertiary/aromatic N) is 2. The van der Waals surface area contributed by atoms with Crippen molar-refractivity contribution in [3.63, 3.8) is 0 Å². The lowest BCUT2D eigenvalue weighted by Gasteiger charge is -2.14. The molecule has 1 aromatic heterocycles. The fourth-order valence-electron chi connectivity index (χ4n) is 3.59. The Kier molecular flexibility index (Phi) is 1.73. The van der Waals surface area contributed by atoms with Gasteiger partial charge in [-0.05, 0) is 25.2 Å². The van der Waals surface area contributed by atoms with E-state index in [1.54, 1.807) is 13.0 Å². The van der Waals surface area contributed by atoms with Crippen molar-refractivity contribution in [1.82, 2.24) is 5.16 Å². The smallest absolute Gasteiger partial charge is 0.239 e.